The van der Waals surface area contributed by atoms with E-state index in [1.807, 2.05) is 62.4 Å². The van der Waals surface area contributed by atoms with E-state index in [1.165, 1.54) is 4.90 Å². The van der Waals surface area contributed by atoms with Crippen LogP contribution in [0.4, 0.5) is 5.82 Å². The maximum Gasteiger partial charge on any atom is 0.306 e. The van der Waals surface area contributed by atoms with E-state index in [4.69, 9.17) is 4.52 Å². The summed E-state index contributed by atoms with van der Waals surface area (Å²) in [6.07, 6.45) is 0.367. The first-order valence-electron chi connectivity index (χ1n) is 14.8. The van der Waals surface area contributed by atoms with Crippen molar-refractivity contribution in [2.45, 2.75) is 71.1 Å². The average Bonchev–Trinajstić information content (AvgIpc) is 3.73. The lowest BCUT2D eigenvalue weighted by atomic mass is 9.91. The first-order chi connectivity index (χ1) is 20.5. The van der Waals surface area contributed by atoms with Crippen molar-refractivity contribution in [3.63, 3.8) is 0 Å². The van der Waals surface area contributed by atoms with Gasteiger partial charge in [-0.05, 0) is 43.7 Å². The van der Waals surface area contributed by atoms with Crippen LogP contribution in [-0.4, -0.2) is 74.8 Å². The lowest BCUT2D eigenvalue weighted by Crippen LogP contribution is -2.48. The number of aromatic nitrogens is 2. The molecule has 0 aliphatic carbocycles. The number of likely N-dealkylation sites (tertiary alicyclic amines) is 1. The molecule has 3 aromatic rings. The number of nitrogens with zero attached hydrogens (tertiary/aromatic N) is 4. The van der Waals surface area contributed by atoms with E-state index in [0.29, 0.717) is 37.5 Å². The molecule has 1 unspecified atom stereocenters. The van der Waals surface area contributed by atoms with Crippen molar-refractivity contribution in [1.29, 1.82) is 0 Å². The van der Waals surface area contributed by atoms with Crippen LogP contribution >= 0.6 is 11.3 Å². The minimum Gasteiger partial charge on any atom is -0.481 e. The molecule has 2 saturated heterocycles. The molecule has 230 valence electrons. The number of thiazole rings is 1. The van der Waals surface area contributed by atoms with E-state index < -0.39 is 24.0 Å². The summed E-state index contributed by atoms with van der Waals surface area (Å²) in [7, 11) is 0. The molecule has 12 heteroatoms. The average molecular weight is 610 g/mol. The number of amides is 2. The van der Waals surface area contributed by atoms with Crippen molar-refractivity contribution in [1.82, 2.24) is 20.4 Å². The fourth-order valence-corrected chi connectivity index (χ4v) is 6.86. The highest BCUT2D eigenvalue weighted by molar-refractivity contribution is 7.13. The van der Waals surface area contributed by atoms with Gasteiger partial charge in [0, 0.05) is 32.1 Å². The van der Waals surface area contributed by atoms with Gasteiger partial charge in [0.05, 0.1) is 34.1 Å². The van der Waals surface area contributed by atoms with Crippen LogP contribution in [0.5, 0.6) is 0 Å². The quantitative estimate of drug-likeness (QED) is 0.327. The molecule has 3 N–H and O–H groups in total. The molecule has 4 heterocycles. The number of anilines is 1. The van der Waals surface area contributed by atoms with Crippen LogP contribution in [0.25, 0.3) is 10.4 Å². The monoisotopic (exact) mass is 609 g/mol. The molecule has 43 heavy (non-hydrogen) atoms. The number of carbonyl (C=O) groups excluding carboxylic acids is 2. The Morgan fingerprint density at radius 3 is 2.42 bits per heavy atom. The third-order valence-corrected chi connectivity index (χ3v) is 9.54. The third kappa shape index (κ3) is 6.59. The van der Waals surface area contributed by atoms with Gasteiger partial charge in [0.1, 0.15) is 12.0 Å². The number of carbonyl (C=O) groups is 3. The lowest BCUT2D eigenvalue weighted by molar-refractivity contribution is -0.142. The number of piperidine rings is 1. The van der Waals surface area contributed by atoms with Crippen LogP contribution in [0.1, 0.15) is 69.0 Å². The van der Waals surface area contributed by atoms with Gasteiger partial charge in [-0.15, -0.1) is 11.3 Å². The fraction of sp³-hybridized carbons (Fsp3) is 0.516. The number of benzene rings is 1. The van der Waals surface area contributed by atoms with E-state index in [2.05, 4.69) is 15.5 Å². The molecule has 2 aliphatic heterocycles. The van der Waals surface area contributed by atoms with Crippen molar-refractivity contribution >= 4 is 34.9 Å². The van der Waals surface area contributed by atoms with Gasteiger partial charge >= 0.3 is 5.97 Å². The number of aliphatic hydroxyl groups excluding tert-OH is 1. The minimum atomic E-state index is -0.817. The van der Waals surface area contributed by atoms with E-state index in [-0.39, 0.29) is 42.7 Å². The zero-order chi connectivity index (χ0) is 30.8. The summed E-state index contributed by atoms with van der Waals surface area (Å²) in [6.45, 7) is 8.82. The van der Waals surface area contributed by atoms with Crippen LogP contribution in [0.3, 0.4) is 0 Å². The molecule has 5 rings (SSSR count). The largest absolute Gasteiger partial charge is 0.481 e. The van der Waals surface area contributed by atoms with Crippen molar-refractivity contribution < 1.29 is 29.1 Å². The fourth-order valence-electron chi connectivity index (χ4n) is 6.05. The number of hydrogen-bond donors (Lipinski definition) is 3. The third-order valence-electron chi connectivity index (χ3n) is 8.57. The van der Waals surface area contributed by atoms with E-state index in [9.17, 15) is 24.6 Å². The summed E-state index contributed by atoms with van der Waals surface area (Å²) in [6, 6.07) is 8.61. The van der Waals surface area contributed by atoms with Gasteiger partial charge in [-0.1, -0.05) is 43.3 Å². The molecule has 0 bridgehead atoms. The van der Waals surface area contributed by atoms with Gasteiger partial charge < -0.3 is 29.9 Å². The van der Waals surface area contributed by atoms with Gasteiger partial charge in [-0.3, -0.25) is 14.4 Å². The summed E-state index contributed by atoms with van der Waals surface area (Å²) in [5, 5.41) is 27.0. The Kier molecular flexibility index (Phi) is 9.16. The summed E-state index contributed by atoms with van der Waals surface area (Å²) in [5.41, 5.74) is 4.79. The number of hydrogen-bond acceptors (Lipinski definition) is 9. The minimum absolute atomic E-state index is 0.0567. The summed E-state index contributed by atoms with van der Waals surface area (Å²) in [4.78, 5) is 47.6. The SMILES string of the molecule is Cc1ncsc1-c1ccc([C@H](C)NC(=O)[C@@H]2C[C@@H](O)CN2C(=O)C(c2cc(N3CCC(C(=O)O)CC3)no2)C(C)C)cc1. The van der Waals surface area contributed by atoms with Gasteiger partial charge in [-0.25, -0.2) is 4.98 Å². The summed E-state index contributed by atoms with van der Waals surface area (Å²) < 4.78 is 5.66. The second kappa shape index (κ2) is 12.8. The van der Waals surface area contributed by atoms with Crippen LogP contribution < -0.4 is 10.2 Å². The maximum atomic E-state index is 13.9. The molecular formula is C31H39N5O6S. The highest BCUT2D eigenvalue weighted by Crippen LogP contribution is 2.34. The lowest BCUT2D eigenvalue weighted by Gasteiger charge is -2.30. The number of carboxylic acids is 1. The Hall–Kier alpha value is -3.77. The van der Waals surface area contributed by atoms with Crippen molar-refractivity contribution in [2.75, 3.05) is 24.5 Å². The molecule has 4 atom stereocenters. The molecule has 0 radical (unpaired) electrons. The molecule has 11 nitrogen and oxygen atoms in total. The first kappa shape index (κ1) is 30.7. The molecule has 0 saturated carbocycles. The highest BCUT2D eigenvalue weighted by atomic mass is 32.1. The van der Waals surface area contributed by atoms with Gasteiger partial charge in [0.15, 0.2) is 11.6 Å². The number of aliphatic hydroxyl groups is 1. The zero-order valence-corrected chi connectivity index (χ0v) is 25.7. The molecule has 2 amide bonds. The maximum absolute atomic E-state index is 13.9. The Labute approximate surface area is 254 Å². The number of β-amino-alcohol motifs (C(OH)–C–C–N with tert-alkyl or cyclic N) is 1. The zero-order valence-electron chi connectivity index (χ0n) is 24.9. The molecule has 2 aliphatic rings. The predicted molar refractivity (Wildman–Crippen MR) is 162 cm³/mol. The van der Waals surface area contributed by atoms with Crippen LogP contribution in [0.15, 0.2) is 40.4 Å². The Bertz CT molecular complexity index is 1440. The Morgan fingerprint density at radius 1 is 1.12 bits per heavy atom. The van der Waals surface area contributed by atoms with Crippen LogP contribution in [-0.2, 0) is 14.4 Å². The van der Waals surface area contributed by atoms with E-state index in [1.54, 1.807) is 17.4 Å². The number of rotatable bonds is 9. The van der Waals surface area contributed by atoms with Gasteiger partial charge in [-0.2, -0.15) is 0 Å². The van der Waals surface area contributed by atoms with Crippen LogP contribution in [0.2, 0.25) is 0 Å². The normalized spacial score (nSPS) is 20.8. The number of aryl methyl sites for hydroxylation is 1. The topological polar surface area (TPSA) is 149 Å². The molecule has 1 aromatic carbocycles. The molecular weight excluding hydrogens is 570 g/mol. The van der Waals surface area contributed by atoms with E-state index in [0.717, 1.165) is 21.7 Å². The first-order valence-corrected chi connectivity index (χ1v) is 15.6. The summed E-state index contributed by atoms with van der Waals surface area (Å²) in [5.74, 6) is -1.67. The number of carboxylic acid groups (broad SMARTS) is 1. The second-order valence-corrected chi connectivity index (χ2v) is 12.8. The second-order valence-electron chi connectivity index (χ2n) is 11.9. The predicted octanol–water partition coefficient (Wildman–Crippen LogP) is 3.99. The number of aliphatic carboxylic acids is 1. The molecule has 2 aromatic heterocycles. The standard InChI is InChI=1S/C31H39N5O6S/c1-17(2)27(25-14-26(34-42-25)35-11-9-22(10-12-35)31(40)41)30(39)36-15-23(37)13-24(36)29(38)33-18(3)20-5-7-21(8-6-20)28-19(4)32-16-43-28/h5-8,14,16-18,22-24,27,37H,9-13,15H2,1-4H3,(H,33,38)(H,40,41)/t18-,23+,24-,27?/m0/s1. The van der Waals surface area contributed by atoms with Gasteiger partial charge in [0.25, 0.3) is 0 Å². The smallest absolute Gasteiger partial charge is 0.306 e. The number of nitrogens with one attached hydrogen (secondary N) is 1. The van der Waals surface area contributed by atoms with Crippen LogP contribution in [0, 0.1) is 18.8 Å². The van der Waals surface area contributed by atoms with Crippen molar-refractivity contribution in [3.8, 4) is 10.4 Å². The molecule has 2 fully saturated rings. The van der Waals surface area contributed by atoms with Gasteiger partial charge in [0.2, 0.25) is 11.8 Å². The van der Waals surface area contributed by atoms with E-state index >= 15 is 0 Å². The van der Waals surface area contributed by atoms with Crippen molar-refractivity contribution in [3.05, 3.63) is 52.9 Å². The highest BCUT2D eigenvalue weighted by Gasteiger charge is 2.43. The Balaban J connectivity index is 1.26. The Morgan fingerprint density at radius 2 is 1.81 bits per heavy atom. The summed E-state index contributed by atoms with van der Waals surface area (Å²) >= 11 is 1.58. The molecule has 0 spiro atoms. The van der Waals surface area contributed by atoms with Crippen molar-refractivity contribution in [2.24, 2.45) is 11.8 Å².